The van der Waals surface area contributed by atoms with Crippen LogP contribution in [0.1, 0.15) is 60.8 Å². The van der Waals surface area contributed by atoms with Gasteiger partial charge >= 0.3 is 5.97 Å². The molecule has 2 N–H and O–H groups in total. The topological polar surface area (TPSA) is 102 Å². The van der Waals surface area contributed by atoms with Gasteiger partial charge in [-0.25, -0.2) is 0 Å². The Balaban J connectivity index is 2.34. The smallest absolute Gasteiger partial charge is 0.303 e. The third-order valence-electron chi connectivity index (χ3n) is 8.29. The van der Waals surface area contributed by atoms with Gasteiger partial charge in [0.05, 0.1) is 11.7 Å². The highest BCUT2D eigenvalue weighted by Crippen LogP contribution is 2.67. The van der Waals surface area contributed by atoms with Gasteiger partial charge in [0.25, 0.3) is 0 Å². The molecule has 30 heavy (non-hydrogen) atoms. The standard InChI is InChI=1S/C23H36O7/c1-9-20(5)12-14(25)23(27)21(6)15(28-8)10-11-19(3,4)17(21)16(29-13(2)24)18(26)22(23,7)30-20/h9,15-18,26-27H,1,10-12H2,2-8H3/t15-,16?,17-,18?,20-,21?,22+,23-/m0/s1. The van der Waals surface area contributed by atoms with E-state index >= 15 is 0 Å². The number of methoxy groups -OCH3 is 1. The summed E-state index contributed by atoms with van der Waals surface area (Å²) in [6.07, 6.45) is -0.130. The minimum Gasteiger partial charge on any atom is -0.459 e. The average molecular weight is 425 g/mol. The summed E-state index contributed by atoms with van der Waals surface area (Å²) in [4.78, 5) is 25.7. The monoisotopic (exact) mass is 424 g/mol. The number of carbonyl (C=O) groups excluding carboxylic acids is 2. The molecule has 0 amide bonds. The van der Waals surface area contributed by atoms with Gasteiger partial charge in [-0.1, -0.05) is 26.8 Å². The molecule has 0 radical (unpaired) electrons. The number of ether oxygens (including phenoxy) is 3. The summed E-state index contributed by atoms with van der Waals surface area (Å²) in [5.41, 5.74) is -6.48. The van der Waals surface area contributed by atoms with E-state index in [0.717, 1.165) is 6.42 Å². The molecule has 7 heteroatoms. The lowest BCUT2D eigenvalue weighted by atomic mass is 9.39. The molecule has 0 bridgehead atoms. The van der Waals surface area contributed by atoms with E-state index in [2.05, 4.69) is 6.58 Å². The van der Waals surface area contributed by atoms with E-state index in [1.807, 2.05) is 20.8 Å². The number of aliphatic hydroxyl groups excluding tert-OH is 1. The van der Waals surface area contributed by atoms with Crippen LogP contribution in [0.5, 0.6) is 0 Å². The molecular formula is C23H36O7. The SMILES string of the molecule is C=C[C@@]1(C)CC(=O)[C@]2(O)C3(C)[C@@H](OC)CCC(C)(C)[C@@H]3C(OC(C)=O)C(O)[C@@]2(C)O1. The van der Waals surface area contributed by atoms with Gasteiger partial charge in [0.2, 0.25) is 0 Å². The van der Waals surface area contributed by atoms with E-state index in [0.29, 0.717) is 6.42 Å². The van der Waals surface area contributed by atoms with Gasteiger partial charge in [-0.05, 0) is 32.1 Å². The number of hydrogen-bond donors (Lipinski definition) is 2. The van der Waals surface area contributed by atoms with Crippen LogP contribution in [0.25, 0.3) is 0 Å². The van der Waals surface area contributed by atoms with Crippen LogP contribution in [-0.4, -0.2) is 64.2 Å². The molecule has 0 spiro atoms. The Hall–Kier alpha value is -1.28. The first-order chi connectivity index (χ1) is 13.6. The van der Waals surface area contributed by atoms with Crippen molar-refractivity contribution >= 4 is 11.8 Å². The minimum atomic E-state index is -2.05. The molecule has 2 aliphatic carbocycles. The van der Waals surface area contributed by atoms with Crippen LogP contribution < -0.4 is 0 Å². The molecule has 3 unspecified atom stereocenters. The molecule has 0 aromatic carbocycles. The van der Waals surface area contributed by atoms with E-state index < -0.39 is 63.6 Å². The summed E-state index contributed by atoms with van der Waals surface area (Å²) in [5, 5.41) is 23.8. The molecule has 1 saturated heterocycles. The number of ketones is 1. The van der Waals surface area contributed by atoms with E-state index in [-0.39, 0.29) is 6.42 Å². The Bertz CT molecular complexity index is 763. The van der Waals surface area contributed by atoms with Crippen LogP contribution in [0.4, 0.5) is 0 Å². The van der Waals surface area contributed by atoms with Gasteiger partial charge < -0.3 is 24.4 Å². The Labute approximate surface area is 178 Å². The maximum Gasteiger partial charge on any atom is 0.303 e. The molecule has 0 aromatic heterocycles. The largest absolute Gasteiger partial charge is 0.459 e. The van der Waals surface area contributed by atoms with Crippen molar-refractivity contribution in [3.63, 3.8) is 0 Å². The summed E-state index contributed by atoms with van der Waals surface area (Å²) >= 11 is 0. The number of fused-ring (bicyclic) bond motifs is 3. The van der Waals surface area contributed by atoms with Gasteiger partial charge in [-0.3, -0.25) is 9.59 Å². The second-order valence-corrected chi connectivity index (χ2v) is 10.6. The van der Waals surface area contributed by atoms with E-state index in [1.54, 1.807) is 14.0 Å². The van der Waals surface area contributed by atoms with Crippen LogP contribution in [0, 0.1) is 16.7 Å². The second kappa shape index (κ2) is 6.86. The molecule has 0 aromatic rings. The molecule has 2 saturated carbocycles. The predicted octanol–water partition coefficient (Wildman–Crippen LogP) is 2.17. The molecule has 1 aliphatic heterocycles. The zero-order chi connectivity index (χ0) is 22.9. The van der Waals surface area contributed by atoms with Crippen molar-refractivity contribution in [1.82, 2.24) is 0 Å². The highest BCUT2D eigenvalue weighted by molar-refractivity contribution is 5.92. The van der Waals surface area contributed by atoms with Crippen molar-refractivity contribution in [1.29, 1.82) is 0 Å². The van der Waals surface area contributed by atoms with Crippen LogP contribution in [0.15, 0.2) is 12.7 Å². The summed E-state index contributed by atoms with van der Waals surface area (Å²) in [6.45, 7) is 14.1. The van der Waals surface area contributed by atoms with Gasteiger partial charge in [-0.2, -0.15) is 0 Å². The van der Waals surface area contributed by atoms with E-state index in [4.69, 9.17) is 14.2 Å². The van der Waals surface area contributed by atoms with Crippen molar-refractivity contribution in [2.45, 2.75) is 95.9 Å². The fraction of sp³-hybridized carbons (Fsp3) is 0.826. The van der Waals surface area contributed by atoms with Crippen LogP contribution >= 0.6 is 0 Å². The maximum atomic E-state index is 13.7. The number of esters is 1. The molecule has 7 nitrogen and oxygen atoms in total. The third kappa shape index (κ3) is 2.71. The first-order valence-corrected chi connectivity index (χ1v) is 10.6. The quantitative estimate of drug-likeness (QED) is 0.529. The van der Waals surface area contributed by atoms with Gasteiger partial charge in [0.1, 0.15) is 17.8 Å². The van der Waals surface area contributed by atoms with Crippen molar-refractivity contribution in [3.8, 4) is 0 Å². The van der Waals surface area contributed by atoms with Crippen molar-refractivity contribution in [2.24, 2.45) is 16.7 Å². The van der Waals surface area contributed by atoms with Gasteiger partial charge in [0, 0.05) is 31.8 Å². The molecule has 3 fully saturated rings. The highest BCUT2D eigenvalue weighted by atomic mass is 16.6. The summed E-state index contributed by atoms with van der Waals surface area (Å²) < 4.78 is 17.8. The van der Waals surface area contributed by atoms with Crippen LogP contribution in [-0.2, 0) is 23.8 Å². The molecule has 3 aliphatic rings. The van der Waals surface area contributed by atoms with E-state index in [9.17, 15) is 19.8 Å². The van der Waals surface area contributed by atoms with E-state index in [1.165, 1.54) is 19.9 Å². The van der Waals surface area contributed by atoms with Crippen molar-refractivity contribution < 1.29 is 34.0 Å². The molecule has 8 atom stereocenters. The Morgan fingerprint density at radius 3 is 2.37 bits per heavy atom. The number of carbonyl (C=O) groups is 2. The fourth-order valence-electron chi connectivity index (χ4n) is 6.94. The Morgan fingerprint density at radius 1 is 1.27 bits per heavy atom. The summed E-state index contributed by atoms with van der Waals surface area (Å²) in [5.74, 6) is -1.51. The Morgan fingerprint density at radius 2 is 1.87 bits per heavy atom. The second-order valence-electron chi connectivity index (χ2n) is 10.6. The first-order valence-electron chi connectivity index (χ1n) is 10.6. The molecule has 3 rings (SSSR count). The Kier molecular flexibility index (Phi) is 5.35. The van der Waals surface area contributed by atoms with Crippen molar-refractivity contribution in [2.75, 3.05) is 7.11 Å². The number of hydrogen-bond acceptors (Lipinski definition) is 7. The molecule has 170 valence electrons. The third-order valence-corrected chi connectivity index (χ3v) is 8.29. The van der Waals surface area contributed by atoms with Crippen molar-refractivity contribution in [3.05, 3.63) is 12.7 Å². The first kappa shape index (κ1) is 23.4. The molecular weight excluding hydrogens is 388 g/mol. The normalized spacial score (nSPS) is 50.2. The summed E-state index contributed by atoms with van der Waals surface area (Å²) in [7, 11) is 1.56. The molecule has 1 heterocycles. The number of rotatable bonds is 3. The fourth-order valence-corrected chi connectivity index (χ4v) is 6.94. The zero-order valence-corrected chi connectivity index (χ0v) is 19.2. The lowest BCUT2D eigenvalue weighted by Crippen LogP contribution is -2.86. The summed E-state index contributed by atoms with van der Waals surface area (Å²) in [6, 6.07) is 0. The lowest BCUT2D eigenvalue weighted by Gasteiger charge is -2.71. The zero-order valence-electron chi connectivity index (χ0n) is 19.2. The predicted molar refractivity (Wildman–Crippen MR) is 110 cm³/mol. The lowest BCUT2D eigenvalue weighted by molar-refractivity contribution is -0.371. The highest BCUT2D eigenvalue weighted by Gasteiger charge is 2.81. The maximum absolute atomic E-state index is 13.7. The van der Waals surface area contributed by atoms with Gasteiger partial charge in [-0.15, -0.1) is 6.58 Å². The van der Waals surface area contributed by atoms with Crippen LogP contribution in [0.3, 0.4) is 0 Å². The number of aliphatic hydroxyl groups is 2. The number of Topliss-reactive ketones (excluding diaryl/α,β-unsaturated/α-hetero) is 1. The van der Waals surface area contributed by atoms with Gasteiger partial charge in [0.15, 0.2) is 11.4 Å². The average Bonchev–Trinajstić information content (AvgIpc) is 2.63. The minimum absolute atomic E-state index is 0.0767. The van der Waals surface area contributed by atoms with Crippen LogP contribution in [0.2, 0.25) is 0 Å².